The van der Waals surface area contributed by atoms with Crippen molar-refractivity contribution < 1.29 is 62.6 Å². The van der Waals surface area contributed by atoms with Crippen LogP contribution in [-0.2, 0) is 59.0 Å². The largest absolute Gasteiger partial charge is 0.458 e. The molecule has 0 radical (unpaired) electrons. The molecule has 4 aliphatic rings. The van der Waals surface area contributed by atoms with Crippen molar-refractivity contribution in [3.05, 3.63) is 70.8 Å². The number of hydrogen-bond donors (Lipinski definition) is 2. The van der Waals surface area contributed by atoms with E-state index < -0.39 is 83.7 Å². The Bertz CT molecular complexity index is 1930. The highest BCUT2D eigenvalue weighted by Gasteiger charge is 2.56. The monoisotopic (exact) mass is 922 g/mol. The van der Waals surface area contributed by atoms with Crippen molar-refractivity contribution in [2.24, 2.45) is 29.6 Å². The lowest BCUT2D eigenvalue weighted by atomic mass is 9.80. The van der Waals surface area contributed by atoms with Crippen molar-refractivity contribution in [1.82, 2.24) is 4.90 Å². The lowest BCUT2D eigenvalue weighted by Crippen LogP contribution is -2.64. The fraction of sp³-hybridized carbons (Fsp3) is 0.673. The molecular formula is C52H75NO13. The van der Waals surface area contributed by atoms with Crippen LogP contribution in [0.4, 0.5) is 0 Å². The van der Waals surface area contributed by atoms with Crippen LogP contribution in [0.3, 0.4) is 0 Å². The number of ketones is 2. The number of amides is 1. The molecule has 1 saturated carbocycles. The third-order valence-corrected chi connectivity index (χ3v) is 14.3. The molecular weight excluding hydrogens is 847 g/mol. The molecule has 13 unspecified atom stereocenters. The maximum Gasteiger partial charge on any atom is 0.331 e. The number of cyclic esters (lactones) is 1. The topological polar surface area (TPSA) is 184 Å². The third-order valence-electron chi connectivity index (χ3n) is 14.3. The molecule has 0 aromatic heterocycles. The zero-order chi connectivity index (χ0) is 48.3. The molecule has 0 spiro atoms. The number of carbonyl (C=O) groups is 5. The van der Waals surface area contributed by atoms with Crippen molar-refractivity contribution in [1.29, 1.82) is 0 Å². The Morgan fingerprint density at radius 3 is 2.30 bits per heavy atom. The van der Waals surface area contributed by atoms with Crippen molar-refractivity contribution in [2.45, 2.75) is 167 Å². The third kappa shape index (κ3) is 13.1. The average molecular weight is 922 g/mol. The molecule has 3 aliphatic heterocycles. The molecule has 5 rings (SSSR count). The Hall–Kier alpha value is -4.05. The summed E-state index contributed by atoms with van der Waals surface area (Å²) in [5, 5.41) is 23.9. The van der Waals surface area contributed by atoms with E-state index in [1.165, 1.54) is 25.2 Å². The fourth-order valence-corrected chi connectivity index (χ4v) is 10.4. The predicted octanol–water partition coefficient (Wildman–Crippen LogP) is 6.78. The average Bonchev–Trinajstić information content (AvgIpc) is 3.31. The number of piperidine rings is 1. The van der Waals surface area contributed by atoms with Crippen LogP contribution < -0.4 is 0 Å². The molecule has 3 heterocycles. The summed E-state index contributed by atoms with van der Waals surface area (Å²) >= 11 is 0. The number of methoxy groups -OCH3 is 3. The number of nitrogens with zero attached hydrogens (tertiary/aromatic N) is 1. The van der Waals surface area contributed by atoms with Gasteiger partial charge in [0.05, 0.1) is 24.4 Å². The number of fused-ring (bicyclic) bond motifs is 3. The Morgan fingerprint density at radius 2 is 1.64 bits per heavy atom. The highest BCUT2D eigenvalue weighted by molar-refractivity contribution is 6.39. The SMILES string of the molecule is CCC1C=C(C)CC(C)CC(OC)C2OC(O)(C(=O)C(=O)N3CCCCC3C(=O)OC(C(C)=CC3CCC(=CC(=O)OCc4ccccc4)C(OC)C3)C(C)C(O)CC1=O)C(C)CC2OC. The molecule has 1 aromatic rings. The van der Waals surface area contributed by atoms with Crippen LogP contribution in [-0.4, -0.2) is 121 Å². The maximum atomic E-state index is 14.5. The number of aliphatic hydroxyl groups is 2. The van der Waals surface area contributed by atoms with E-state index >= 15 is 0 Å². The number of esters is 2. The lowest BCUT2D eigenvalue weighted by molar-refractivity contribution is -0.302. The van der Waals surface area contributed by atoms with E-state index in [1.54, 1.807) is 21.0 Å². The second kappa shape index (κ2) is 24.3. The number of Topliss-reactive ketones (excluding diaryl/α,β-unsaturated/α-hetero) is 2. The maximum absolute atomic E-state index is 14.5. The van der Waals surface area contributed by atoms with Gasteiger partial charge in [0.2, 0.25) is 5.79 Å². The smallest absolute Gasteiger partial charge is 0.331 e. The van der Waals surface area contributed by atoms with Crippen molar-refractivity contribution in [3.8, 4) is 0 Å². The zero-order valence-corrected chi connectivity index (χ0v) is 40.6. The number of aliphatic hydroxyl groups excluding tert-OH is 1. The van der Waals surface area contributed by atoms with E-state index in [2.05, 4.69) is 0 Å². The van der Waals surface area contributed by atoms with Crippen molar-refractivity contribution in [3.63, 3.8) is 0 Å². The first-order chi connectivity index (χ1) is 31.4. The summed E-state index contributed by atoms with van der Waals surface area (Å²) in [7, 11) is 4.65. The van der Waals surface area contributed by atoms with E-state index in [0.717, 1.165) is 16.7 Å². The van der Waals surface area contributed by atoms with Crippen LogP contribution in [0.25, 0.3) is 0 Å². The van der Waals surface area contributed by atoms with E-state index in [9.17, 15) is 34.2 Å². The summed E-state index contributed by atoms with van der Waals surface area (Å²) in [4.78, 5) is 71.2. The second-order valence-corrected chi connectivity index (χ2v) is 19.3. The van der Waals surface area contributed by atoms with Crippen molar-refractivity contribution in [2.75, 3.05) is 27.9 Å². The molecule has 66 heavy (non-hydrogen) atoms. The minimum Gasteiger partial charge on any atom is -0.458 e. The number of ether oxygens (including phenoxy) is 6. The highest BCUT2D eigenvalue weighted by Crippen LogP contribution is 2.39. The van der Waals surface area contributed by atoms with E-state index in [0.29, 0.717) is 56.9 Å². The second-order valence-electron chi connectivity index (χ2n) is 19.3. The van der Waals surface area contributed by atoms with Gasteiger partial charge < -0.3 is 43.5 Å². The van der Waals surface area contributed by atoms with Gasteiger partial charge >= 0.3 is 11.9 Å². The first-order valence-electron chi connectivity index (χ1n) is 24.0. The Morgan fingerprint density at radius 1 is 0.939 bits per heavy atom. The molecule has 13 atom stereocenters. The number of allylic oxidation sites excluding steroid dienone is 3. The summed E-state index contributed by atoms with van der Waals surface area (Å²) in [6.45, 7) is 11.4. The summed E-state index contributed by atoms with van der Waals surface area (Å²) in [5.41, 5.74) is 3.32. The Kier molecular flexibility index (Phi) is 19.5. The fourth-order valence-electron chi connectivity index (χ4n) is 10.4. The molecule has 14 nitrogen and oxygen atoms in total. The van der Waals surface area contributed by atoms with Gasteiger partial charge in [-0.2, -0.15) is 0 Å². The molecule has 1 aromatic carbocycles. The van der Waals surface area contributed by atoms with Gasteiger partial charge in [-0.3, -0.25) is 14.4 Å². The molecule has 14 heteroatoms. The van der Waals surface area contributed by atoms with Gasteiger partial charge in [-0.05, 0) is 107 Å². The minimum atomic E-state index is -2.52. The van der Waals surface area contributed by atoms with Crippen LogP contribution >= 0.6 is 0 Å². The summed E-state index contributed by atoms with van der Waals surface area (Å²) in [5.74, 6) is -8.21. The van der Waals surface area contributed by atoms with Crippen LogP contribution in [0.2, 0.25) is 0 Å². The van der Waals surface area contributed by atoms with Gasteiger partial charge in [-0.1, -0.05) is 75.8 Å². The van der Waals surface area contributed by atoms with E-state index in [-0.39, 0.29) is 56.1 Å². The number of rotatable bonds is 9. The van der Waals surface area contributed by atoms with Gasteiger partial charge in [0.15, 0.2) is 0 Å². The van der Waals surface area contributed by atoms with E-state index in [4.69, 9.17) is 28.4 Å². The van der Waals surface area contributed by atoms with Crippen LogP contribution in [0.15, 0.2) is 65.3 Å². The van der Waals surface area contributed by atoms with Gasteiger partial charge in [-0.15, -0.1) is 0 Å². The van der Waals surface area contributed by atoms with Gasteiger partial charge in [0.1, 0.15) is 30.6 Å². The van der Waals surface area contributed by atoms with Gasteiger partial charge in [0.25, 0.3) is 11.7 Å². The Labute approximate surface area is 391 Å². The molecule has 2 saturated heterocycles. The Balaban J connectivity index is 1.46. The highest BCUT2D eigenvalue weighted by atomic mass is 16.7. The van der Waals surface area contributed by atoms with Crippen molar-refractivity contribution >= 4 is 29.4 Å². The number of carbonyl (C=O) groups excluding carboxylic acids is 5. The first-order valence-corrected chi connectivity index (χ1v) is 24.0. The minimum absolute atomic E-state index is 0.0181. The number of hydrogen-bond acceptors (Lipinski definition) is 13. The number of benzene rings is 1. The zero-order valence-electron chi connectivity index (χ0n) is 40.6. The lowest BCUT2D eigenvalue weighted by Gasteiger charge is -2.47. The molecule has 1 amide bonds. The van der Waals surface area contributed by atoms with E-state index in [1.807, 2.05) is 70.2 Å². The first kappa shape index (κ1) is 52.9. The molecule has 2 bridgehead atoms. The molecule has 2 N–H and O–H groups in total. The van der Waals surface area contributed by atoms with Crippen LogP contribution in [0, 0.1) is 29.6 Å². The standard InChI is InChI=1S/C52H75NO13/c1-10-38-23-31(2)22-32(3)24-44(62-8)48-45(63-9)26-34(5)52(60,66-48)49(57)50(58)53-21-15-14-18-40(53)51(59)65-47(35(6)41(54)29-42(38)55)33(4)25-37-19-20-39(43(27-37)61-7)28-46(56)64-30-36-16-12-11-13-17-36/h11-13,16-17,23,25,28,32,34-35,37-38,40-41,43-45,47-48,54,60H,10,14-15,18-22,24,26-27,29-30H2,1-9H3. The van der Waals surface area contributed by atoms with Crippen LogP contribution in [0.5, 0.6) is 0 Å². The predicted molar refractivity (Wildman–Crippen MR) is 246 cm³/mol. The summed E-state index contributed by atoms with van der Waals surface area (Å²) < 4.78 is 35.8. The molecule has 3 fully saturated rings. The molecule has 1 aliphatic carbocycles. The van der Waals surface area contributed by atoms with Gasteiger partial charge in [-0.25, -0.2) is 9.59 Å². The summed E-state index contributed by atoms with van der Waals surface area (Å²) in [6.07, 6.45) is 5.46. The summed E-state index contributed by atoms with van der Waals surface area (Å²) in [6, 6.07) is 8.27. The molecule has 366 valence electrons. The normalized spacial score (nSPS) is 35.6. The quantitative estimate of drug-likeness (QED) is 0.114. The van der Waals surface area contributed by atoms with Gasteiger partial charge in [0, 0.05) is 58.1 Å². The van der Waals surface area contributed by atoms with Crippen LogP contribution in [0.1, 0.15) is 118 Å².